The van der Waals surface area contributed by atoms with Gasteiger partial charge in [0.25, 0.3) is 5.91 Å². The van der Waals surface area contributed by atoms with E-state index in [9.17, 15) is 9.18 Å². The third kappa shape index (κ3) is 3.15. The van der Waals surface area contributed by atoms with Crippen LogP contribution in [0.3, 0.4) is 0 Å². The molecule has 0 saturated heterocycles. The normalized spacial score (nSPS) is 21.9. The maximum atomic E-state index is 14.3. The highest BCUT2D eigenvalue weighted by Crippen LogP contribution is 2.47. The predicted molar refractivity (Wildman–Crippen MR) is 109 cm³/mol. The van der Waals surface area contributed by atoms with Crippen molar-refractivity contribution in [2.75, 3.05) is 5.32 Å². The first kappa shape index (κ1) is 18.8. The molecule has 1 aromatic heterocycles. The number of carbonyl (C=O) groups is 1. The molecule has 6 heteroatoms. The summed E-state index contributed by atoms with van der Waals surface area (Å²) in [6.07, 6.45) is 3.53. The number of rotatable bonds is 3. The molecule has 2 atom stereocenters. The number of amides is 1. The highest BCUT2D eigenvalue weighted by Gasteiger charge is 2.38. The Labute approximate surface area is 168 Å². The number of carbonyl (C=O) groups excluding carboxylic acids is 1. The van der Waals surface area contributed by atoms with Crippen LogP contribution in [0.25, 0.3) is 0 Å². The van der Waals surface area contributed by atoms with Crippen LogP contribution in [0.2, 0.25) is 5.02 Å². The minimum atomic E-state index is -0.651. The first-order valence-electron chi connectivity index (χ1n) is 9.47. The fourth-order valence-corrected chi connectivity index (χ4v) is 5.81. The Morgan fingerprint density at radius 2 is 2.11 bits per heavy atom. The lowest BCUT2D eigenvalue weighted by molar-refractivity contribution is 0.0934. The van der Waals surface area contributed by atoms with E-state index in [0.717, 1.165) is 36.2 Å². The van der Waals surface area contributed by atoms with Crippen LogP contribution < -0.4 is 10.6 Å². The zero-order valence-electron chi connectivity index (χ0n) is 15.8. The second-order valence-corrected chi connectivity index (χ2v) is 9.69. The van der Waals surface area contributed by atoms with Gasteiger partial charge >= 0.3 is 0 Å². The molecule has 3 nitrogen and oxygen atoms in total. The minimum Gasteiger partial charge on any atom is -0.352 e. The maximum Gasteiger partial charge on any atom is 0.256 e. The molecule has 144 valence electrons. The van der Waals surface area contributed by atoms with Gasteiger partial charge in [0.1, 0.15) is 17.0 Å². The van der Waals surface area contributed by atoms with Gasteiger partial charge < -0.3 is 10.6 Å². The van der Waals surface area contributed by atoms with E-state index in [-0.39, 0.29) is 11.5 Å². The van der Waals surface area contributed by atoms with Crippen molar-refractivity contribution in [3.63, 3.8) is 0 Å². The lowest BCUT2D eigenvalue weighted by Crippen LogP contribution is -2.39. The van der Waals surface area contributed by atoms with Crippen LogP contribution in [-0.2, 0) is 12.8 Å². The molecule has 0 saturated carbocycles. The van der Waals surface area contributed by atoms with Gasteiger partial charge in [-0.3, -0.25) is 4.79 Å². The molecule has 2 heterocycles. The molecule has 2 N–H and O–H groups in total. The van der Waals surface area contributed by atoms with Crippen LogP contribution in [0.1, 0.15) is 66.1 Å². The summed E-state index contributed by atoms with van der Waals surface area (Å²) in [6, 6.07) is 4.57. The average molecular weight is 407 g/mol. The number of anilines is 1. The zero-order chi connectivity index (χ0) is 19.3. The van der Waals surface area contributed by atoms with Gasteiger partial charge in [0, 0.05) is 10.4 Å². The van der Waals surface area contributed by atoms with Gasteiger partial charge in [0.15, 0.2) is 0 Å². The van der Waals surface area contributed by atoms with Crippen LogP contribution in [0, 0.1) is 17.2 Å². The average Bonchev–Trinajstić information content (AvgIpc) is 2.99. The lowest BCUT2D eigenvalue weighted by Gasteiger charge is -2.36. The molecule has 0 spiro atoms. The molecule has 1 aliphatic heterocycles. The molecule has 2 aliphatic rings. The van der Waals surface area contributed by atoms with E-state index in [0.29, 0.717) is 16.4 Å². The molecule has 0 fully saturated rings. The summed E-state index contributed by atoms with van der Waals surface area (Å²) in [5.74, 6) is 0.0589. The number of fused-ring (bicyclic) bond motifs is 3. The fourth-order valence-electron chi connectivity index (χ4n) is 4.18. The zero-order valence-corrected chi connectivity index (χ0v) is 17.4. The van der Waals surface area contributed by atoms with Gasteiger partial charge in [0.05, 0.1) is 10.6 Å². The van der Waals surface area contributed by atoms with Crippen LogP contribution >= 0.6 is 22.9 Å². The Bertz CT molecular complexity index is 888. The highest BCUT2D eigenvalue weighted by molar-refractivity contribution is 7.16. The van der Waals surface area contributed by atoms with Crippen LogP contribution in [-0.4, -0.2) is 5.91 Å². The van der Waals surface area contributed by atoms with Crippen molar-refractivity contribution in [2.45, 2.75) is 52.6 Å². The van der Waals surface area contributed by atoms with E-state index in [2.05, 4.69) is 31.4 Å². The molecule has 2 aromatic rings. The fraction of sp³-hybridized carbons (Fsp3) is 0.476. The summed E-state index contributed by atoms with van der Waals surface area (Å²) in [6.45, 7) is 6.90. The number of halogens is 2. The van der Waals surface area contributed by atoms with Gasteiger partial charge in [0.2, 0.25) is 0 Å². The Kier molecular flexibility index (Phi) is 4.71. The van der Waals surface area contributed by atoms with Crippen molar-refractivity contribution in [3.8, 4) is 0 Å². The lowest BCUT2D eigenvalue weighted by atomic mass is 9.69. The first-order valence-corrected chi connectivity index (χ1v) is 10.7. The summed E-state index contributed by atoms with van der Waals surface area (Å²) in [5.41, 5.74) is 2.49. The second-order valence-electron chi connectivity index (χ2n) is 8.18. The van der Waals surface area contributed by atoms with Gasteiger partial charge in [-0.1, -0.05) is 44.9 Å². The van der Waals surface area contributed by atoms with E-state index in [1.807, 2.05) is 0 Å². The molecule has 1 aliphatic carbocycles. The smallest absolute Gasteiger partial charge is 0.256 e. The van der Waals surface area contributed by atoms with Gasteiger partial charge in [-0.15, -0.1) is 11.3 Å². The molecule has 4 rings (SSSR count). The van der Waals surface area contributed by atoms with Gasteiger partial charge in [-0.2, -0.15) is 0 Å². The second kappa shape index (κ2) is 6.78. The SMILES string of the molecule is CCC(C)(C)C1CCc2c(sc3c2C(=O)NC(c2c(F)cccc2Cl)N3)C1. The van der Waals surface area contributed by atoms with Crippen molar-refractivity contribution in [3.05, 3.63) is 50.6 Å². The van der Waals surface area contributed by atoms with Gasteiger partial charge in [-0.05, 0) is 48.3 Å². The Morgan fingerprint density at radius 3 is 2.81 bits per heavy atom. The van der Waals surface area contributed by atoms with Crippen LogP contribution in [0.15, 0.2) is 18.2 Å². The highest BCUT2D eigenvalue weighted by atomic mass is 35.5. The Morgan fingerprint density at radius 1 is 1.33 bits per heavy atom. The number of nitrogens with one attached hydrogen (secondary N) is 2. The molecule has 0 radical (unpaired) electrons. The number of hydrogen-bond donors (Lipinski definition) is 2. The first-order chi connectivity index (χ1) is 12.8. The molecule has 27 heavy (non-hydrogen) atoms. The molecular formula is C21H24ClFN2OS. The van der Waals surface area contributed by atoms with Crippen molar-refractivity contribution >= 4 is 33.8 Å². The van der Waals surface area contributed by atoms with Gasteiger partial charge in [-0.25, -0.2) is 4.39 Å². The van der Waals surface area contributed by atoms with E-state index in [1.165, 1.54) is 16.5 Å². The van der Waals surface area contributed by atoms with Crippen molar-refractivity contribution in [1.29, 1.82) is 0 Å². The topological polar surface area (TPSA) is 41.1 Å². The molecule has 2 unspecified atom stereocenters. The summed E-state index contributed by atoms with van der Waals surface area (Å²) in [5, 5.41) is 7.35. The third-order valence-electron chi connectivity index (χ3n) is 6.35. The van der Waals surface area contributed by atoms with Crippen LogP contribution in [0.4, 0.5) is 9.39 Å². The number of benzene rings is 1. The number of thiophene rings is 1. The summed E-state index contributed by atoms with van der Waals surface area (Å²) in [7, 11) is 0. The maximum absolute atomic E-state index is 14.3. The molecule has 1 amide bonds. The quantitative estimate of drug-likeness (QED) is 0.662. The van der Waals surface area contributed by atoms with E-state index in [1.54, 1.807) is 23.5 Å². The molecular weight excluding hydrogens is 383 g/mol. The van der Waals surface area contributed by atoms with Crippen LogP contribution in [0.5, 0.6) is 0 Å². The van der Waals surface area contributed by atoms with Crippen molar-refractivity contribution < 1.29 is 9.18 Å². The van der Waals surface area contributed by atoms with E-state index < -0.39 is 12.0 Å². The molecule has 1 aromatic carbocycles. The summed E-state index contributed by atoms with van der Waals surface area (Å²) < 4.78 is 14.3. The van der Waals surface area contributed by atoms with E-state index in [4.69, 9.17) is 11.6 Å². The van der Waals surface area contributed by atoms with Crippen molar-refractivity contribution in [2.24, 2.45) is 11.3 Å². The van der Waals surface area contributed by atoms with E-state index >= 15 is 0 Å². The Balaban J connectivity index is 1.67. The summed E-state index contributed by atoms with van der Waals surface area (Å²) >= 11 is 7.84. The largest absolute Gasteiger partial charge is 0.352 e. The summed E-state index contributed by atoms with van der Waals surface area (Å²) in [4.78, 5) is 14.1. The number of hydrogen-bond acceptors (Lipinski definition) is 3. The monoisotopic (exact) mass is 406 g/mol. The van der Waals surface area contributed by atoms with Crippen molar-refractivity contribution in [1.82, 2.24) is 5.32 Å². The Hall–Kier alpha value is -1.59. The minimum absolute atomic E-state index is 0.140. The molecule has 0 bridgehead atoms. The predicted octanol–water partition coefficient (Wildman–Crippen LogP) is 5.94. The third-order valence-corrected chi connectivity index (χ3v) is 7.86. The standard InChI is InChI=1S/C21H24ClFN2OS/c1-4-21(2,3)11-8-9-12-15(10-11)27-20-16(12)19(26)24-18(25-20)17-13(22)6-5-7-14(17)23/h5-7,11,18,25H,4,8-10H2,1-3H3,(H,24,26).